The van der Waals surface area contributed by atoms with E-state index in [9.17, 15) is 14.4 Å². The molecule has 1 atom stereocenters. The van der Waals surface area contributed by atoms with E-state index in [0.29, 0.717) is 74.6 Å². The summed E-state index contributed by atoms with van der Waals surface area (Å²) in [4.78, 5) is 51.5. The van der Waals surface area contributed by atoms with Crippen LogP contribution in [0.5, 0.6) is 11.5 Å². The molecule has 11 heteroatoms. The van der Waals surface area contributed by atoms with Gasteiger partial charge in [-0.2, -0.15) is 0 Å². The fraction of sp³-hybridized carbons (Fsp3) is 0.257. The number of nitrogens with zero attached hydrogens (tertiary/aromatic N) is 4. The van der Waals surface area contributed by atoms with E-state index in [4.69, 9.17) is 26.1 Å². The SMILES string of the molecule is CCN(CC)C(=O)C1=C(C)N=c2s/c(=C3\C(=O)N(Cc4ccc(Cl)cc4)c4ccccc43)c(=O)n2[C@@H]1c1cc(OC)ccc1OC. The van der Waals surface area contributed by atoms with Crippen molar-refractivity contribution in [2.45, 2.75) is 33.4 Å². The minimum atomic E-state index is -0.874. The third-order valence-electron chi connectivity index (χ3n) is 8.41. The van der Waals surface area contributed by atoms with Gasteiger partial charge in [0.2, 0.25) is 0 Å². The van der Waals surface area contributed by atoms with Gasteiger partial charge in [0.1, 0.15) is 22.1 Å². The van der Waals surface area contributed by atoms with Crippen molar-refractivity contribution in [1.29, 1.82) is 0 Å². The molecule has 1 aromatic heterocycles. The molecule has 2 aliphatic heterocycles. The molecule has 46 heavy (non-hydrogen) atoms. The van der Waals surface area contributed by atoms with Gasteiger partial charge in [-0.1, -0.05) is 53.3 Å². The standard InChI is InChI=1S/C35H33ClN4O5S/c1-6-38(7-2)32(41)28-20(3)37-35-40(30(28)25-18-23(44-4)16-17-27(25)45-5)34(43)31(46-35)29-24-10-8-9-11-26(24)39(33(29)42)19-21-12-14-22(36)15-13-21/h8-18,30H,6-7,19H2,1-5H3/b31-29-/t30-/m1/s1. The Kier molecular flexibility index (Phi) is 8.59. The molecule has 0 N–H and O–H groups in total. The number of likely N-dealkylation sites (N-methyl/N-ethyl adjacent to an activating group) is 1. The van der Waals surface area contributed by atoms with Gasteiger partial charge in [0.15, 0.2) is 4.80 Å². The maximum atomic E-state index is 14.7. The van der Waals surface area contributed by atoms with Gasteiger partial charge in [-0.3, -0.25) is 19.0 Å². The summed E-state index contributed by atoms with van der Waals surface area (Å²) in [5.74, 6) is 0.519. The molecular weight excluding hydrogens is 624 g/mol. The summed E-state index contributed by atoms with van der Waals surface area (Å²) in [6.45, 7) is 6.87. The molecule has 2 amide bonds. The molecule has 0 aliphatic carbocycles. The fourth-order valence-electron chi connectivity index (χ4n) is 6.10. The third kappa shape index (κ3) is 5.21. The molecule has 0 fully saturated rings. The molecular formula is C35H33ClN4O5S. The number of hydrogen-bond donors (Lipinski definition) is 0. The van der Waals surface area contributed by atoms with Crippen LogP contribution in [0.3, 0.4) is 0 Å². The average Bonchev–Trinajstić information content (AvgIpc) is 3.53. The average molecular weight is 657 g/mol. The lowest BCUT2D eigenvalue weighted by molar-refractivity contribution is -0.127. The molecule has 4 aromatic rings. The van der Waals surface area contributed by atoms with E-state index in [2.05, 4.69) is 0 Å². The molecule has 0 saturated heterocycles. The van der Waals surface area contributed by atoms with Crippen LogP contribution in [-0.4, -0.2) is 48.6 Å². The molecule has 6 rings (SSSR count). The van der Waals surface area contributed by atoms with E-state index in [-0.39, 0.29) is 16.3 Å². The maximum absolute atomic E-state index is 14.7. The number of halogens is 1. The Hall–Kier alpha value is -4.67. The zero-order chi connectivity index (χ0) is 32.7. The van der Waals surface area contributed by atoms with Crippen molar-refractivity contribution in [3.05, 3.63) is 119 Å². The molecule has 0 unspecified atom stereocenters. The number of hydrogen-bond acceptors (Lipinski definition) is 7. The first-order valence-electron chi connectivity index (χ1n) is 14.9. The van der Waals surface area contributed by atoms with Gasteiger partial charge in [-0.05, 0) is 62.7 Å². The molecule has 9 nitrogen and oxygen atoms in total. The van der Waals surface area contributed by atoms with Gasteiger partial charge < -0.3 is 19.3 Å². The lowest BCUT2D eigenvalue weighted by Crippen LogP contribution is -2.43. The number of methoxy groups -OCH3 is 2. The van der Waals surface area contributed by atoms with Crippen molar-refractivity contribution < 1.29 is 19.1 Å². The lowest BCUT2D eigenvalue weighted by atomic mass is 9.93. The Bertz CT molecular complexity index is 2080. The van der Waals surface area contributed by atoms with Crippen LogP contribution < -0.4 is 29.3 Å². The van der Waals surface area contributed by atoms with Crippen LogP contribution in [0.25, 0.3) is 5.57 Å². The highest BCUT2D eigenvalue weighted by Crippen LogP contribution is 2.39. The van der Waals surface area contributed by atoms with Crippen molar-refractivity contribution in [2.75, 3.05) is 32.2 Å². The van der Waals surface area contributed by atoms with Crippen molar-refractivity contribution in [3.63, 3.8) is 0 Å². The summed E-state index contributed by atoms with van der Waals surface area (Å²) in [5.41, 5.74) is 3.60. The Morgan fingerprint density at radius 1 is 1.00 bits per heavy atom. The summed E-state index contributed by atoms with van der Waals surface area (Å²) in [6, 6.07) is 19.2. The van der Waals surface area contributed by atoms with Gasteiger partial charge in [-0.15, -0.1) is 0 Å². The number of fused-ring (bicyclic) bond motifs is 2. The number of anilines is 1. The van der Waals surface area contributed by atoms with E-state index in [0.717, 1.165) is 16.9 Å². The summed E-state index contributed by atoms with van der Waals surface area (Å²) < 4.78 is 13.1. The quantitative estimate of drug-likeness (QED) is 0.274. The van der Waals surface area contributed by atoms with Crippen LogP contribution in [0.2, 0.25) is 5.02 Å². The molecule has 3 heterocycles. The Labute approximate surface area is 275 Å². The molecule has 0 spiro atoms. The first kappa shape index (κ1) is 31.3. The van der Waals surface area contributed by atoms with Crippen molar-refractivity contribution in [2.24, 2.45) is 4.99 Å². The van der Waals surface area contributed by atoms with Crippen molar-refractivity contribution >= 4 is 46.0 Å². The Balaban J connectivity index is 1.61. The lowest BCUT2D eigenvalue weighted by Gasteiger charge is -2.30. The molecule has 236 valence electrons. The van der Waals surface area contributed by atoms with Crippen LogP contribution in [0.4, 0.5) is 5.69 Å². The maximum Gasteiger partial charge on any atom is 0.271 e. The summed E-state index contributed by atoms with van der Waals surface area (Å²) in [6.07, 6.45) is 0. The number of allylic oxidation sites excluding steroid dienone is 1. The third-order valence-corrected chi connectivity index (χ3v) is 9.72. The number of rotatable bonds is 8. The second-order valence-corrected chi connectivity index (χ2v) is 12.3. The smallest absolute Gasteiger partial charge is 0.271 e. The zero-order valence-corrected chi connectivity index (χ0v) is 27.7. The number of benzene rings is 3. The van der Waals surface area contributed by atoms with Crippen LogP contribution >= 0.6 is 22.9 Å². The van der Waals surface area contributed by atoms with Crippen LogP contribution in [-0.2, 0) is 16.1 Å². The number of para-hydroxylation sites is 1. The Morgan fingerprint density at radius 2 is 1.72 bits per heavy atom. The summed E-state index contributed by atoms with van der Waals surface area (Å²) in [7, 11) is 3.10. The minimum absolute atomic E-state index is 0.226. The highest BCUT2D eigenvalue weighted by molar-refractivity contribution is 7.07. The second kappa shape index (κ2) is 12.6. The van der Waals surface area contributed by atoms with Crippen LogP contribution in [0, 0.1) is 0 Å². The largest absolute Gasteiger partial charge is 0.497 e. The molecule has 3 aromatic carbocycles. The molecule has 0 saturated carbocycles. The summed E-state index contributed by atoms with van der Waals surface area (Å²) >= 11 is 7.25. The van der Waals surface area contributed by atoms with E-state index >= 15 is 0 Å². The monoisotopic (exact) mass is 656 g/mol. The Morgan fingerprint density at radius 3 is 2.39 bits per heavy atom. The van der Waals surface area contributed by atoms with Crippen LogP contribution in [0.15, 0.2) is 87.8 Å². The number of ether oxygens (including phenoxy) is 2. The van der Waals surface area contributed by atoms with Gasteiger partial charge >= 0.3 is 0 Å². The predicted molar refractivity (Wildman–Crippen MR) is 179 cm³/mol. The highest BCUT2D eigenvalue weighted by Gasteiger charge is 2.38. The van der Waals surface area contributed by atoms with Crippen molar-refractivity contribution in [1.82, 2.24) is 9.47 Å². The zero-order valence-electron chi connectivity index (χ0n) is 26.2. The van der Waals surface area contributed by atoms with Gasteiger partial charge in [-0.25, -0.2) is 4.99 Å². The number of carbonyl (C=O) groups is 2. The second-order valence-electron chi connectivity index (χ2n) is 10.9. The van der Waals surface area contributed by atoms with E-state index < -0.39 is 11.6 Å². The van der Waals surface area contributed by atoms with Gasteiger partial charge in [0.05, 0.1) is 43.3 Å². The number of amides is 2. The topological polar surface area (TPSA) is 93.4 Å². The first-order chi connectivity index (χ1) is 22.2. The molecule has 0 bridgehead atoms. The fourth-order valence-corrected chi connectivity index (χ4v) is 7.37. The minimum Gasteiger partial charge on any atom is -0.497 e. The van der Waals surface area contributed by atoms with E-state index in [1.165, 1.54) is 4.57 Å². The number of carbonyl (C=O) groups excluding carboxylic acids is 2. The van der Waals surface area contributed by atoms with Crippen molar-refractivity contribution in [3.8, 4) is 11.5 Å². The van der Waals surface area contributed by atoms with Gasteiger partial charge in [0, 0.05) is 29.2 Å². The predicted octanol–water partition coefficient (Wildman–Crippen LogP) is 4.69. The highest BCUT2D eigenvalue weighted by atomic mass is 35.5. The normalized spacial score (nSPS) is 16.6. The molecule has 0 radical (unpaired) electrons. The summed E-state index contributed by atoms with van der Waals surface area (Å²) in [5, 5.41) is 0.607. The van der Waals surface area contributed by atoms with E-state index in [1.54, 1.807) is 61.3 Å². The molecule has 2 aliphatic rings. The number of thiazole rings is 1. The van der Waals surface area contributed by atoms with E-state index in [1.807, 2.05) is 50.2 Å². The van der Waals surface area contributed by atoms with Crippen LogP contribution in [0.1, 0.15) is 43.5 Å². The van der Waals surface area contributed by atoms with Gasteiger partial charge in [0.25, 0.3) is 17.4 Å². The number of aromatic nitrogens is 1. The first-order valence-corrected chi connectivity index (χ1v) is 16.1.